The lowest BCUT2D eigenvalue weighted by molar-refractivity contribution is -0.00435. The van der Waals surface area contributed by atoms with E-state index in [0.29, 0.717) is 25.0 Å². The fourth-order valence-electron chi connectivity index (χ4n) is 3.62. The minimum absolute atomic E-state index is 0.107. The van der Waals surface area contributed by atoms with Crippen LogP contribution in [0.15, 0.2) is 12.1 Å². The topological polar surface area (TPSA) is 41.9 Å². The van der Waals surface area contributed by atoms with Crippen LogP contribution in [0.5, 0.6) is 11.5 Å². The molecule has 1 heterocycles. The lowest BCUT2D eigenvalue weighted by atomic mass is 9.74. The van der Waals surface area contributed by atoms with E-state index < -0.39 is 0 Å². The smallest absolute Gasteiger partial charge is 0.162 e. The van der Waals surface area contributed by atoms with E-state index in [0.717, 1.165) is 54.6 Å². The van der Waals surface area contributed by atoms with Gasteiger partial charge in [0, 0.05) is 36.6 Å². The monoisotopic (exact) mass is 339 g/mol. The highest BCUT2D eigenvalue weighted by Gasteiger charge is 2.46. The summed E-state index contributed by atoms with van der Waals surface area (Å²) in [4.78, 5) is 2.38. The molecule has 1 aromatic rings. The number of nitrogens with zero attached hydrogens (tertiary/aromatic N) is 1. The van der Waals surface area contributed by atoms with Crippen molar-refractivity contribution in [3.63, 3.8) is 0 Å². The first-order valence-corrected chi connectivity index (χ1v) is 8.98. The summed E-state index contributed by atoms with van der Waals surface area (Å²) in [5, 5.41) is 10.5. The van der Waals surface area contributed by atoms with E-state index in [1.807, 2.05) is 19.1 Å². The Bertz CT molecular complexity index is 551. The molecule has 3 atom stereocenters. The fraction of sp³-hybridized carbons (Fsp3) is 0.667. The Kier molecular flexibility index (Phi) is 5.34. The summed E-state index contributed by atoms with van der Waals surface area (Å²) < 4.78 is 11.5. The van der Waals surface area contributed by atoms with Crippen molar-refractivity contribution in [2.75, 3.05) is 26.3 Å². The van der Waals surface area contributed by atoms with Crippen LogP contribution in [0.2, 0.25) is 5.02 Å². The van der Waals surface area contributed by atoms with Gasteiger partial charge in [-0.05, 0) is 37.3 Å². The number of ether oxygens (including phenoxy) is 2. The van der Waals surface area contributed by atoms with Crippen LogP contribution in [0.4, 0.5) is 0 Å². The van der Waals surface area contributed by atoms with Gasteiger partial charge in [0.1, 0.15) is 0 Å². The van der Waals surface area contributed by atoms with E-state index in [1.54, 1.807) is 0 Å². The normalized spacial score (nSPS) is 26.7. The van der Waals surface area contributed by atoms with Crippen LogP contribution in [-0.4, -0.2) is 42.4 Å². The standard InChI is InChI=1S/C18H26ClNO3/c1-3-5-23-18-8-15(19)13(7-17(18)22-4-2)10-20-9-12-6-16(21)14(12)11-20/h7-8,12,14,16,21H,3-6,9-11H2,1-2H3/t12-,14+,16-/m1/s1. The molecule has 0 aromatic heterocycles. The summed E-state index contributed by atoms with van der Waals surface area (Å²) in [6.07, 6.45) is 1.79. The summed E-state index contributed by atoms with van der Waals surface area (Å²) >= 11 is 6.46. The second kappa shape index (κ2) is 7.29. The number of likely N-dealkylation sites (tertiary alicyclic amines) is 1. The highest BCUT2D eigenvalue weighted by molar-refractivity contribution is 6.31. The third-order valence-electron chi connectivity index (χ3n) is 4.87. The van der Waals surface area contributed by atoms with Crippen molar-refractivity contribution in [2.24, 2.45) is 11.8 Å². The van der Waals surface area contributed by atoms with Gasteiger partial charge in [0.2, 0.25) is 0 Å². The molecule has 2 aliphatic rings. The van der Waals surface area contributed by atoms with E-state index in [4.69, 9.17) is 21.1 Å². The molecule has 1 aliphatic carbocycles. The molecule has 1 saturated carbocycles. The molecule has 0 amide bonds. The molecule has 4 nitrogen and oxygen atoms in total. The second-order valence-electron chi connectivity index (χ2n) is 6.59. The number of aliphatic hydroxyl groups is 1. The highest BCUT2D eigenvalue weighted by Crippen LogP contribution is 2.42. The number of hydrogen-bond donors (Lipinski definition) is 1. The zero-order valence-corrected chi connectivity index (χ0v) is 14.7. The Hall–Kier alpha value is -0.970. The molecule has 1 aromatic carbocycles. The first-order valence-electron chi connectivity index (χ1n) is 8.60. The molecule has 0 radical (unpaired) electrons. The molecular weight excluding hydrogens is 314 g/mol. The average molecular weight is 340 g/mol. The Morgan fingerprint density at radius 1 is 1.22 bits per heavy atom. The number of fused-ring (bicyclic) bond motifs is 1. The maximum absolute atomic E-state index is 9.80. The number of hydrogen-bond acceptors (Lipinski definition) is 4. The molecule has 1 saturated heterocycles. The van der Waals surface area contributed by atoms with Gasteiger partial charge in [0.15, 0.2) is 11.5 Å². The van der Waals surface area contributed by atoms with Crippen LogP contribution in [-0.2, 0) is 6.54 Å². The van der Waals surface area contributed by atoms with Gasteiger partial charge in [-0.3, -0.25) is 4.90 Å². The third kappa shape index (κ3) is 3.59. The molecule has 0 spiro atoms. The van der Waals surface area contributed by atoms with Gasteiger partial charge >= 0.3 is 0 Å². The van der Waals surface area contributed by atoms with Crippen molar-refractivity contribution in [1.82, 2.24) is 4.90 Å². The molecule has 0 bridgehead atoms. The number of benzene rings is 1. The van der Waals surface area contributed by atoms with Gasteiger partial charge in [-0.1, -0.05) is 18.5 Å². The molecule has 1 N–H and O–H groups in total. The van der Waals surface area contributed by atoms with Gasteiger partial charge in [-0.2, -0.15) is 0 Å². The third-order valence-corrected chi connectivity index (χ3v) is 5.23. The average Bonchev–Trinajstić information content (AvgIpc) is 2.85. The van der Waals surface area contributed by atoms with Crippen LogP contribution in [0.1, 0.15) is 32.3 Å². The van der Waals surface area contributed by atoms with Crippen molar-refractivity contribution in [1.29, 1.82) is 0 Å². The second-order valence-corrected chi connectivity index (χ2v) is 7.00. The van der Waals surface area contributed by atoms with E-state index in [-0.39, 0.29) is 6.10 Å². The van der Waals surface area contributed by atoms with E-state index in [2.05, 4.69) is 11.8 Å². The molecule has 1 aliphatic heterocycles. The van der Waals surface area contributed by atoms with Crippen LogP contribution in [0.25, 0.3) is 0 Å². The van der Waals surface area contributed by atoms with Crippen molar-refractivity contribution < 1.29 is 14.6 Å². The van der Waals surface area contributed by atoms with E-state index >= 15 is 0 Å². The quantitative estimate of drug-likeness (QED) is 0.827. The lowest BCUT2D eigenvalue weighted by Gasteiger charge is -2.35. The summed E-state index contributed by atoms with van der Waals surface area (Å²) in [6, 6.07) is 3.88. The number of rotatable bonds is 7. The molecule has 23 heavy (non-hydrogen) atoms. The van der Waals surface area contributed by atoms with Crippen LogP contribution in [0, 0.1) is 11.8 Å². The Balaban J connectivity index is 1.72. The highest BCUT2D eigenvalue weighted by atomic mass is 35.5. The maximum atomic E-state index is 9.80. The summed E-state index contributed by atoms with van der Waals surface area (Å²) in [5.41, 5.74) is 1.06. The Labute approximate surface area is 143 Å². The minimum Gasteiger partial charge on any atom is -0.490 e. The Morgan fingerprint density at radius 2 is 2.00 bits per heavy atom. The molecule has 5 heteroatoms. The van der Waals surface area contributed by atoms with Gasteiger partial charge < -0.3 is 14.6 Å². The SMILES string of the molecule is CCCOc1cc(Cl)c(CN2C[C@H]3C[C@@H](O)[C@H]3C2)cc1OCC. The Morgan fingerprint density at radius 3 is 2.65 bits per heavy atom. The van der Waals surface area contributed by atoms with Crippen molar-refractivity contribution >= 4 is 11.6 Å². The van der Waals surface area contributed by atoms with E-state index in [1.165, 1.54) is 0 Å². The first-order chi connectivity index (χ1) is 11.1. The van der Waals surface area contributed by atoms with Crippen LogP contribution < -0.4 is 9.47 Å². The zero-order valence-electron chi connectivity index (χ0n) is 13.9. The molecule has 3 rings (SSSR count). The lowest BCUT2D eigenvalue weighted by Crippen LogP contribution is -2.39. The van der Waals surface area contributed by atoms with Crippen molar-refractivity contribution in [3.8, 4) is 11.5 Å². The molecular formula is C18H26ClNO3. The maximum Gasteiger partial charge on any atom is 0.162 e. The van der Waals surface area contributed by atoms with Crippen molar-refractivity contribution in [3.05, 3.63) is 22.7 Å². The van der Waals surface area contributed by atoms with E-state index in [9.17, 15) is 5.11 Å². The largest absolute Gasteiger partial charge is 0.490 e. The molecule has 2 fully saturated rings. The van der Waals surface area contributed by atoms with Gasteiger partial charge in [-0.15, -0.1) is 0 Å². The summed E-state index contributed by atoms with van der Waals surface area (Å²) in [7, 11) is 0. The summed E-state index contributed by atoms with van der Waals surface area (Å²) in [6.45, 7) is 8.11. The zero-order chi connectivity index (χ0) is 16.4. The number of halogens is 1. The minimum atomic E-state index is -0.107. The fourth-order valence-corrected chi connectivity index (χ4v) is 3.84. The van der Waals surface area contributed by atoms with Gasteiger partial charge in [0.25, 0.3) is 0 Å². The van der Waals surface area contributed by atoms with Gasteiger partial charge in [-0.25, -0.2) is 0 Å². The van der Waals surface area contributed by atoms with Crippen molar-refractivity contribution in [2.45, 2.75) is 39.3 Å². The van der Waals surface area contributed by atoms with Crippen LogP contribution in [0.3, 0.4) is 0 Å². The van der Waals surface area contributed by atoms with Crippen LogP contribution >= 0.6 is 11.6 Å². The predicted molar refractivity (Wildman–Crippen MR) is 91.3 cm³/mol. The predicted octanol–water partition coefficient (Wildman–Crippen LogP) is 3.34. The van der Waals surface area contributed by atoms with Gasteiger partial charge in [0.05, 0.1) is 19.3 Å². The number of aliphatic hydroxyl groups excluding tert-OH is 1. The first kappa shape index (κ1) is 16.9. The summed E-state index contributed by atoms with van der Waals surface area (Å²) in [5.74, 6) is 2.59. The molecule has 128 valence electrons. The molecule has 0 unspecified atom stereocenters.